The molecule has 2 N–H and O–H groups in total. The van der Waals surface area contributed by atoms with Gasteiger partial charge < -0.3 is 15.4 Å². The molecule has 1 heterocycles. The number of morpholine rings is 1. The lowest BCUT2D eigenvalue weighted by molar-refractivity contribution is -0.151. The molecule has 5 heteroatoms. The highest BCUT2D eigenvalue weighted by Gasteiger charge is 2.34. The molecule has 2 unspecified atom stereocenters. The Kier molecular flexibility index (Phi) is 5.44. The van der Waals surface area contributed by atoms with Crippen molar-refractivity contribution in [1.29, 1.82) is 0 Å². The molecule has 1 aliphatic heterocycles. The lowest BCUT2D eigenvalue weighted by atomic mass is 9.85. The molecule has 0 bridgehead atoms. The smallest absolute Gasteiger partial charge is 0.225 e. The normalized spacial score (nSPS) is 31.6. The minimum absolute atomic E-state index is 0. The molecule has 4 nitrogen and oxygen atoms in total. The standard InChI is InChI=1S/C13H24N2O2.ClH/c1-13(2)9-15(6-7-17-13)12(16)10-4-3-5-11(14)8-10;/h10-11H,3-9,14H2,1-2H3;1H. The van der Waals surface area contributed by atoms with Gasteiger partial charge in [-0.3, -0.25) is 4.79 Å². The van der Waals surface area contributed by atoms with Crippen LogP contribution in [-0.4, -0.2) is 42.1 Å². The second-order valence-corrected chi connectivity index (χ2v) is 5.99. The second-order valence-electron chi connectivity index (χ2n) is 5.99. The number of hydrogen-bond donors (Lipinski definition) is 1. The van der Waals surface area contributed by atoms with Crippen molar-refractivity contribution in [2.75, 3.05) is 19.7 Å². The Labute approximate surface area is 116 Å². The Morgan fingerprint density at radius 1 is 1.39 bits per heavy atom. The van der Waals surface area contributed by atoms with Gasteiger partial charge in [0.1, 0.15) is 0 Å². The van der Waals surface area contributed by atoms with Crippen LogP contribution in [-0.2, 0) is 9.53 Å². The van der Waals surface area contributed by atoms with Crippen LogP contribution in [0.15, 0.2) is 0 Å². The van der Waals surface area contributed by atoms with E-state index in [9.17, 15) is 4.79 Å². The summed E-state index contributed by atoms with van der Waals surface area (Å²) < 4.78 is 5.64. The lowest BCUT2D eigenvalue weighted by Gasteiger charge is -2.40. The molecule has 2 rings (SSSR count). The van der Waals surface area contributed by atoms with Crippen LogP contribution in [0.25, 0.3) is 0 Å². The largest absolute Gasteiger partial charge is 0.372 e. The molecule has 2 fully saturated rings. The van der Waals surface area contributed by atoms with Crippen molar-refractivity contribution >= 4 is 18.3 Å². The maximum Gasteiger partial charge on any atom is 0.225 e. The number of carbonyl (C=O) groups is 1. The molecular weight excluding hydrogens is 252 g/mol. The summed E-state index contributed by atoms with van der Waals surface area (Å²) in [5.41, 5.74) is 5.75. The SMILES string of the molecule is CC1(C)CN(C(=O)C2CCCC(N)C2)CCO1.Cl. The van der Waals surface area contributed by atoms with E-state index >= 15 is 0 Å². The number of rotatable bonds is 1. The van der Waals surface area contributed by atoms with E-state index in [4.69, 9.17) is 10.5 Å². The van der Waals surface area contributed by atoms with Crippen LogP contribution in [0.2, 0.25) is 0 Å². The summed E-state index contributed by atoms with van der Waals surface area (Å²) in [4.78, 5) is 14.4. The average molecular weight is 277 g/mol. The van der Waals surface area contributed by atoms with E-state index in [1.165, 1.54) is 0 Å². The zero-order valence-corrected chi connectivity index (χ0v) is 12.2. The Hall–Kier alpha value is -0.320. The number of amides is 1. The van der Waals surface area contributed by atoms with Crippen molar-refractivity contribution in [2.45, 2.75) is 51.2 Å². The van der Waals surface area contributed by atoms with Gasteiger partial charge in [-0.2, -0.15) is 0 Å². The fourth-order valence-corrected chi connectivity index (χ4v) is 2.91. The molecular formula is C13H25ClN2O2. The van der Waals surface area contributed by atoms with Crippen LogP contribution in [0.3, 0.4) is 0 Å². The van der Waals surface area contributed by atoms with Crippen LogP contribution in [0, 0.1) is 5.92 Å². The molecule has 0 spiro atoms. The van der Waals surface area contributed by atoms with E-state index in [-0.39, 0.29) is 35.9 Å². The van der Waals surface area contributed by atoms with Gasteiger partial charge in [-0.15, -0.1) is 12.4 Å². The van der Waals surface area contributed by atoms with Gasteiger partial charge in [0.15, 0.2) is 0 Å². The molecule has 0 radical (unpaired) electrons. The molecule has 2 atom stereocenters. The first-order valence-corrected chi connectivity index (χ1v) is 6.66. The van der Waals surface area contributed by atoms with Crippen molar-refractivity contribution in [3.8, 4) is 0 Å². The topological polar surface area (TPSA) is 55.6 Å². The third kappa shape index (κ3) is 3.84. The van der Waals surface area contributed by atoms with Gasteiger partial charge >= 0.3 is 0 Å². The van der Waals surface area contributed by atoms with Crippen LogP contribution in [0.1, 0.15) is 39.5 Å². The predicted molar refractivity (Wildman–Crippen MR) is 73.8 cm³/mol. The summed E-state index contributed by atoms with van der Waals surface area (Å²) in [6, 6.07) is 0.215. The van der Waals surface area contributed by atoms with Crippen molar-refractivity contribution in [1.82, 2.24) is 4.90 Å². The number of nitrogens with zero attached hydrogens (tertiary/aromatic N) is 1. The fourth-order valence-electron chi connectivity index (χ4n) is 2.91. The Morgan fingerprint density at radius 3 is 2.72 bits per heavy atom. The first kappa shape index (κ1) is 15.7. The second kappa shape index (κ2) is 6.22. The highest BCUT2D eigenvalue weighted by atomic mass is 35.5. The molecule has 106 valence electrons. The van der Waals surface area contributed by atoms with E-state index in [0.29, 0.717) is 13.2 Å². The van der Waals surface area contributed by atoms with Crippen molar-refractivity contribution in [3.05, 3.63) is 0 Å². The predicted octanol–water partition coefficient (Wildman–Crippen LogP) is 1.56. The highest BCUT2D eigenvalue weighted by molar-refractivity contribution is 5.85. The van der Waals surface area contributed by atoms with E-state index in [1.807, 2.05) is 18.7 Å². The maximum absolute atomic E-state index is 12.4. The van der Waals surface area contributed by atoms with Crippen molar-refractivity contribution in [2.24, 2.45) is 11.7 Å². The number of nitrogens with two attached hydrogens (primary N) is 1. The summed E-state index contributed by atoms with van der Waals surface area (Å²) in [5.74, 6) is 0.434. The summed E-state index contributed by atoms with van der Waals surface area (Å²) in [6.45, 7) is 6.17. The van der Waals surface area contributed by atoms with E-state index in [2.05, 4.69) is 0 Å². The Bertz CT molecular complexity index is 297. The molecule has 18 heavy (non-hydrogen) atoms. The molecule has 1 saturated heterocycles. The summed E-state index contributed by atoms with van der Waals surface area (Å²) in [5, 5.41) is 0. The summed E-state index contributed by atoms with van der Waals surface area (Å²) in [6.07, 6.45) is 4.02. The Morgan fingerprint density at radius 2 is 2.11 bits per heavy atom. The molecule has 2 aliphatic rings. The van der Waals surface area contributed by atoms with E-state index in [1.54, 1.807) is 0 Å². The van der Waals surface area contributed by atoms with Crippen LogP contribution in [0.5, 0.6) is 0 Å². The summed E-state index contributed by atoms with van der Waals surface area (Å²) in [7, 11) is 0. The van der Waals surface area contributed by atoms with Crippen molar-refractivity contribution in [3.63, 3.8) is 0 Å². The molecule has 0 aromatic rings. The highest BCUT2D eigenvalue weighted by Crippen LogP contribution is 2.27. The Balaban J connectivity index is 0.00000162. The van der Waals surface area contributed by atoms with Crippen LogP contribution >= 0.6 is 12.4 Å². The summed E-state index contributed by atoms with van der Waals surface area (Å²) >= 11 is 0. The minimum atomic E-state index is -0.204. The number of hydrogen-bond acceptors (Lipinski definition) is 3. The zero-order valence-electron chi connectivity index (χ0n) is 11.4. The monoisotopic (exact) mass is 276 g/mol. The number of halogens is 1. The lowest BCUT2D eigenvalue weighted by Crippen LogP contribution is -2.52. The first-order valence-electron chi connectivity index (χ1n) is 6.66. The van der Waals surface area contributed by atoms with Crippen LogP contribution in [0.4, 0.5) is 0 Å². The zero-order chi connectivity index (χ0) is 12.5. The third-order valence-corrected chi connectivity index (χ3v) is 3.80. The van der Waals surface area contributed by atoms with Gasteiger partial charge in [-0.25, -0.2) is 0 Å². The molecule has 0 aromatic heterocycles. The molecule has 1 saturated carbocycles. The quantitative estimate of drug-likeness (QED) is 0.791. The van der Waals surface area contributed by atoms with Gasteiger partial charge in [-0.1, -0.05) is 6.42 Å². The molecule has 0 aromatic carbocycles. The first-order chi connectivity index (χ1) is 7.98. The van der Waals surface area contributed by atoms with Gasteiger partial charge in [0.25, 0.3) is 0 Å². The van der Waals surface area contributed by atoms with Gasteiger partial charge in [-0.05, 0) is 33.1 Å². The van der Waals surface area contributed by atoms with Gasteiger partial charge in [0.05, 0.1) is 12.2 Å². The number of carbonyl (C=O) groups excluding carboxylic acids is 1. The minimum Gasteiger partial charge on any atom is -0.372 e. The van der Waals surface area contributed by atoms with E-state index < -0.39 is 0 Å². The van der Waals surface area contributed by atoms with E-state index in [0.717, 1.165) is 32.2 Å². The average Bonchev–Trinajstić information content (AvgIpc) is 2.26. The number of ether oxygens (including phenoxy) is 1. The maximum atomic E-state index is 12.4. The van der Waals surface area contributed by atoms with Gasteiger partial charge in [0, 0.05) is 25.0 Å². The van der Waals surface area contributed by atoms with Crippen LogP contribution < -0.4 is 5.73 Å². The molecule has 1 aliphatic carbocycles. The fraction of sp³-hybridized carbons (Fsp3) is 0.923. The third-order valence-electron chi connectivity index (χ3n) is 3.80. The van der Waals surface area contributed by atoms with Crippen molar-refractivity contribution < 1.29 is 9.53 Å². The molecule has 1 amide bonds. The van der Waals surface area contributed by atoms with Gasteiger partial charge in [0.2, 0.25) is 5.91 Å².